The maximum atomic E-state index is 11.8. The first-order valence-corrected chi connectivity index (χ1v) is 6.43. The number of hydrogen-bond acceptors (Lipinski definition) is 3. The molecule has 1 amide bonds. The number of nitrogens with one attached hydrogen (secondary N) is 2. The summed E-state index contributed by atoms with van der Waals surface area (Å²) in [5.41, 5.74) is 1.91. The molecule has 1 aromatic carbocycles. The number of hydrogen-bond donors (Lipinski definition) is 2. The highest BCUT2D eigenvalue weighted by atomic mass is 16.5. The number of ether oxygens (including phenoxy) is 1. The van der Waals surface area contributed by atoms with E-state index in [4.69, 9.17) is 4.74 Å². The van der Waals surface area contributed by atoms with Gasteiger partial charge >= 0.3 is 0 Å². The van der Waals surface area contributed by atoms with E-state index in [1.807, 2.05) is 31.2 Å². The van der Waals surface area contributed by atoms with Gasteiger partial charge in [-0.15, -0.1) is 0 Å². The van der Waals surface area contributed by atoms with Gasteiger partial charge in [-0.05, 0) is 37.9 Å². The van der Waals surface area contributed by atoms with E-state index in [0.29, 0.717) is 0 Å². The molecular formula is C14H20N2O2. The average Bonchev–Trinajstić information content (AvgIpc) is 2.40. The molecule has 2 N–H and O–H groups in total. The van der Waals surface area contributed by atoms with Gasteiger partial charge in [-0.25, -0.2) is 0 Å². The first-order chi connectivity index (χ1) is 8.75. The summed E-state index contributed by atoms with van der Waals surface area (Å²) in [6.45, 7) is 4.00. The molecule has 0 aromatic heterocycles. The van der Waals surface area contributed by atoms with Crippen molar-refractivity contribution >= 4 is 11.6 Å². The molecule has 1 aromatic rings. The van der Waals surface area contributed by atoms with Crippen molar-refractivity contribution < 1.29 is 9.53 Å². The van der Waals surface area contributed by atoms with Crippen LogP contribution in [-0.2, 0) is 9.53 Å². The minimum absolute atomic E-state index is 0.0881. The van der Waals surface area contributed by atoms with Gasteiger partial charge in [-0.2, -0.15) is 0 Å². The van der Waals surface area contributed by atoms with Crippen molar-refractivity contribution in [1.29, 1.82) is 0 Å². The maximum absolute atomic E-state index is 11.8. The predicted molar refractivity (Wildman–Crippen MR) is 71.7 cm³/mol. The Morgan fingerprint density at radius 2 is 2.33 bits per heavy atom. The Morgan fingerprint density at radius 3 is 3.06 bits per heavy atom. The second kappa shape index (κ2) is 6.52. The number of rotatable bonds is 4. The van der Waals surface area contributed by atoms with Crippen molar-refractivity contribution in [2.75, 3.05) is 25.0 Å². The van der Waals surface area contributed by atoms with Gasteiger partial charge in [0.05, 0.1) is 6.10 Å². The van der Waals surface area contributed by atoms with Crippen LogP contribution >= 0.6 is 0 Å². The standard InChI is InChI=1S/C14H20N2O2/c1-11-5-2-3-7-13(11)16-14(17)10-18-12-6-4-8-15-9-12/h2-3,5,7,12,15H,4,6,8-10H2,1H3,(H,16,17). The molecule has 1 saturated heterocycles. The highest BCUT2D eigenvalue weighted by Gasteiger charge is 2.14. The molecule has 1 heterocycles. The number of carbonyl (C=O) groups is 1. The number of piperidine rings is 1. The first kappa shape index (κ1) is 13.1. The Bertz CT molecular complexity index is 401. The van der Waals surface area contributed by atoms with Crippen LogP contribution in [0.4, 0.5) is 5.69 Å². The second-order valence-corrected chi connectivity index (χ2v) is 4.64. The van der Waals surface area contributed by atoms with E-state index in [2.05, 4.69) is 10.6 Å². The third kappa shape index (κ3) is 3.82. The van der Waals surface area contributed by atoms with Gasteiger partial charge < -0.3 is 15.4 Å². The summed E-state index contributed by atoms with van der Waals surface area (Å²) >= 11 is 0. The van der Waals surface area contributed by atoms with Crippen LogP contribution in [0.3, 0.4) is 0 Å². The minimum Gasteiger partial charge on any atom is -0.367 e. The van der Waals surface area contributed by atoms with Crippen LogP contribution in [0.5, 0.6) is 0 Å². The largest absolute Gasteiger partial charge is 0.367 e. The molecule has 0 radical (unpaired) electrons. The van der Waals surface area contributed by atoms with Gasteiger partial charge in [-0.3, -0.25) is 4.79 Å². The summed E-state index contributed by atoms with van der Waals surface area (Å²) in [4.78, 5) is 11.8. The Hall–Kier alpha value is -1.39. The zero-order chi connectivity index (χ0) is 12.8. The highest BCUT2D eigenvalue weighted by molar-refractivity contribution is 5.92. The normalized spacial score (nSPS) is 19.5. The lowest BCUT2D eigenvalue weighted by Gasteiger charge is -2.22. The molecule has 4 heteroatoms. The van der Waals surface area contributed by atoms with Crippen molar-refractivity contribution in [3.8, 4) is 0 Å². The molecule has 18 heavy (non-hydrogen) atoms. The van der Waals surface area contributed by atoms with Gasteiger partial charge in [0.25, 0.3) is 0 Å². The summed E-state index contributed by atoms with van der Waals surface area (Å²) in [6.07, 6.45) is 2.32. The number of amides is 1. The SMILES string of the molecule is Cc1ccccc1NC(=O)COC1CCCNC1. The van der Waals surface area contributed by atoms with Gasteiger partial charge in [0.2, 0.25) is 5.91 Å². The smallest absolute Gasteiger partial charge is 0.250 e. The molecule has 1 aliphatic heterocycles. The molecule has 4 nitrogen and oxygen atoms in total. The van der Waals surface area contributed by atoms with E-state index in [9.17, 15) is 4.79 Å². The summed E-state index contributed by atoms with van der Waals surface area (Å²) in [6, 6.07) is 7.74. The molecule has 1 fully saturated rings. The number of benzene rings is 1. The lowest BCUT2D eigenvalue weighted by atomic mass is 10.1. The van der Waals surface area contributed by atoms with E-state index >= 15 is 0 Å². The molecule has 1 atom stereocenters. The number of carbonyl (C=O) groups excluding carboxylic acids is 1. The highest BCUT2D eigenvalue weighted by Crippen LogP contribution is 2.13. The summed E-state index contributed by atoms with van der Waals surface area (Å²) in [7, 11) is 0. The zero-order valence-corrected chi connectivity index (χ0v) is 10.7. The molecule has 0 saturated carbocycles. The average molecular weight is 248 g/mol. The van der Waals surface area contributed by atoms with Crippen LogP contribution in [0.1, 0.15) is 18.4 Å². The Balaban J connectivity index is 1.76. The molecule has 0 spiro atoms. The fourth-order valence-electron chi connectivity index (χ4n) is 2.06. The van der Waals surface area contributed by atoms with E-state index in [-0.39, 0.29) is 18.6 Å². The van der Waals surface area contributed by atoms with Crippen LogP contribution < -0.4 is 10.6 Å². The van der Waals surface area contributed by atoms with Gasteiger partial charge in [0, 0.05) is 12.2 Å². The Kier molecular flexibility index (Phi) is 4.73. The number of para-hydroxylation sites is 1. The van der Waals surface area contributed by atoms with Crippen molar-refractivity contribution in [2.24, 2.45) is 0 Å². The first-order valence-electron chi connectivity index (χ1n) is 6.43. The maximum Gasteiger partial charge on any atom is 0.250 e. The van der Waals surface area contributed by atoms with Crippen LogP contribution in [-0.4, -0.2) is 31.7 Å². The quantitative estimate of drug-likeness (QED) is 0.852. The second-order valence-electron chi connectivity index (χ2n) is 4.64. The van der Waals surface area contributed by atoms with Gasteiger partial charge in [0.15, 0.2) is 0 Å². The lowest BCUT2D eigenvalue weighted by molar-refractivity contribution is -0.122. The van der Waals surface area contributed by atoms with Crippen molar-refractivity contribution in [1.82, 2.24) is 5.32 Å². The number of anilines is 1. The predicted octanol–water partition coefficient (Wildman–Crippen LogP) is 1.70. The molecule has 0 bridgehead atoms. The van der Waals surface area contributed by atoms with Crippen LogP contribution in [0.15, 0.2) is 24.3 Å². The van der Waals surface area contributed by atoms with E-state index in [1.54, 1.807) is 0 Å². The third-order valence-corrected chi connectivity index (χ3v) is 3.12. The fraction of sp³-hybridized carbons (Fsp3) is 0.500. The van der Waals surface area contributed by atoms with Crippen molar-refractivity contribution in [2.45, 2.75) is 25.9 Å². The molecule has 98 valence electrons. The lowest BCUT2D eigenvalue weighted by Crippen LogP contribution is -2.37. The van der Waals surface area contributed by atoms with Crippen LogP contribution in [0.25, 0.3) is 0 Å². The van der Waals surface area contributed by atoms with Gasteiger partial charge in [0.1, 0.15) is 6.61 Å². The topological polar surface area (TPSA) is 50.4 Å². The van der Waals surface area contributed by atoms with Crippen molar-refractivity contribution in [3.05, 3.63) is 29.8 Å². The third-order valence-electron chi connectivity index (χ3n) is 3.12. The Morgan fingerprint density at radius 1 is 1.50 bits per heavy atom. The molecule has 0 aliphatic carbocycles. The summed E-state index contributed by atoms with van der Waals surface area (Å²) in [5, 5.41) is 6.13. The van der Waals surface area contributed by atoms with Crippen LogP contribution in [0.2, 0.25) is 0 Å². The van der Waals surface area contributed by atoms with Gasteiger partial charge in [-0.1, -0.05) is 18.2 Å². The van der Waals surface area contributed by atoms with Crippen LogP contribution in [0, 0.1) is 6.92 Å². The monoisotopic (exact) mass is 248 g/mol. The molecule has 1 unspecified atom stereocenters. The molecular weight excluding hydrogens is 228 g/mol. The zero-order valence-electron chi connectivity index (χ0n) is 10.7. The summed E-state index contributed by atoms with van der Waals surface area (Å²) in [5.74, 6) is -0.0881. The van der Waals surface area contributed by atoms with E-state index in [0.717, 1.165) is 37.2 Å². The minimum atomic E-state index is -0.0881. The summed E-state index contributed by atoms with van der Waals surface area (Å²) < 4.78 is 5.58. The van der Waals surface area contributed by atoms with E-state index < -0.39 is 0 Å². The number of aryl methyl sites for hydroxylation is 1. The van der Waals surface area contributed by atoms with E-state index in [1.165, 1.54) is 0 Å². The Labute approximate surface area is 108 Å². The molecule has 2 rings (SSSR count). The molecule has 1 aliphatic rings. The van der Waals surface area contributed by atoms with Crippen molar-refractivity contribution in [3.63, 3.8) is 0 Å². The fourth-order valence-corrected chi connectivity index (χ4v) is 2.06.